The van der Waals surface area contributed by atoms with Crippen LogP contribution in [0.3, 0.4) is 0 Å². The predicted octanol–water partition coefficient (Wildman–Crippen LogP) is 2.62. The van der Waals surface area contributed by atoms with Gasteiger partial charge < -0.3 is 9.73 Å². The molecule has 0 bridgehead atoms. The number of carbonyl (C=O) groups is 1. The molecule has 4 rings (SSSR count). The van der Waals surface area contributed by atoms with Crippen molar-refractivity contribution in [2.45, 2.75) is 32.5 Å². The molecule has 0 aliphatic carbocycles. The van der Waals surface area contributed by atoms with E-state index in [-0.39, 0.29) is 11.9 Å². The molecule has 1 aliphatic rings. The van der Waals surface area contributed by atoms with Crippen LogP contribution in [0.5, 0.6) is 0 Å². The Balaban J connectivity index is 1.38. The minimum Gasteiger partial charge on any atom is -0.459 e. The summed E-state index contributed by atoms with van der Waals surface area (Å²) in [4.78, 5) is 20.1. The summed E-state index contributed by atoms with van der Waals surface area (Å²) in [5, 5.41) is 7.41. The van der Waals surface area contributed by atoms with E-state index in [1.807, 2.05) is 11.7 Å². The van der Waals surface area contributed by atoms with E-state index in [4.69, 9.17) is 4.42 Å². The third-order valence-electron chi connectivity index (χ3n) is 4.67. The molecule has 0 radical (unpaired) electrons. The number of nitrogens with zero attached hydrogens (tertiary/aromatic N) is 4. The first-order valence-corrected chi connectivity index (χ1v) is 9.54. The van der Waals surface area contributed by atoms with Crippen LogP contribution in [0.15, 0.2) is 40.6 Å². The molecule has 0 fully saturated rings. The molecular formula is C18H21N5O2S. The Kier molecular flexibility index (Phi) is 4.85. The fraction of sp³-hybridized carbons (Fsp3) is 0.389. The molecule has 0 saturated carbocycles. The van der Waals surface area contributed by atoms with Crippen LogP contribution < -0.4 is 5.32 Å². The predicted molar refractivity (Wildman–Crippen MR) is 97.9 cm³/mol. The Morgan fingerprint density at radius 2 is 2.38 bits per heavy atom. The molecule has 0 unspecified atom stereocenters. The molecule has 8 heteroatoms. The van der Waals surface area contributed by atoms with Gasteiger partial charge in [0.25, 0.3) is 5.91 Å². The highest BCUT2D eigenvalue weighted by Gasteiger charge is 2.26. The van der Waals surface area contributed by atoms with E-state index in [1.54, 1.807) is 23.5 Å². The second kappa shape index (κ2) is 7.43. The number of hydrogen-bond donors (Lipinski definition) is 1. The molecule has 0 aromatic carbocycles. The number of rotatable bonds is 6. The molecule has 7 nitrogen and oxygen atoms in total. The van der Waals surface area contributed by atoms with Crippen molar-refractivity contribution in [2.24, 2.45) is 0 Å². The lowest BCUT2D eigenvalue weighted by Crippen LogP contribution is -2.38. The standard InChI is InChI=1S/C18H21N5O2S/c1-13-17(26-12-20-13)11-22-9-14(23-15(10-22)5-7-21-23)4-6-19-18(24)16-3-2-8-25-16/h2-3,5,7-8,12,14H,4,6,9-11H2,1H3,(H,19,24)/t14-/m1/s1. The molecule has 3 aromatic rings. The lowest BCUT2D eigenvalue weighted by Gasteiger charge is -2.33. The van der Waals surface area contributed by atoms with E-state index in [9.17, 15) is 4.79 Å². The van der Waals surface area contributed by atoms with Gasteiger partial charge in [0.1, 0.15) is 0 Å². The van der Waals surface area contributed by atoms with Gasteiger partial charge in [-0.3, -0.25) is 14.4 Å². The number of nitrogens with one attached hydrogen (secondary N) is 1. The average molecular weight is 371 g/mol. The Labute approximate surface area is 155 Å². The summed E-state index contributed by atoms with van der Waals surface area (Å²) in [7, 11) is 0. The van der Waals surface area contributed by atoms with Crippen LogP contribution in [0.25, 0.3) is 0 Å². The Bertz CT molecular complexity index is 870. The summed E-state index contributed by atoms with van der Waals surface area (Å²) < 4.78 is 7.22. The summed E-state index contributed by atoms with van der Waals surface area (Å²) in [5.74, 6) is 0.166. The van der Waals surface area contributed by atoms with Crippen molar-refractivity contribution in [1.82, 2.24) is 25.0 Å². The molecule has 4 heterocycles. The van der Waals surface area contributed by atoms with Crippen LogP contribution >= 0.6 is 11.3 Å². The number of thiazole rings is 1. The van der Waals surface area contributed by atoms with Gasteiger partial charge >= 0.3 is 0 Å². The summed E-state index contributed by atoms with van der Waals surface area (Å²) in [6.07, 6.45) is 4.18. The topological polar surface area (TPSA) is 76.2 Å². The minimum atomic E-state index is -0.177. The van der Waals surface area contributed by atoms with Crippen LogP contribution in [0.2, 0.25) is 0 Å². The second-order valence-electron chi connectivity index (χ2n) is 6.47. The van der Waals surface area contributed by atoms with Gasteiger partial charge in [-0.2, -0.15) is 5.10 Å². The number of amides is 1. The van der Waals surface area contributed by atoms with Crippen molar-refractivity contribution in [3.05, 3.63) is 58.2 Å². The Morgan fingerprint density at radius 1 is 1.46 bits per heavy atom. The molecule has 1 amide bonds. The highest BCUT2D eigenvalue weighted by atomic mass is 32.1. The van der Waals surface area contributed by atoms with Crippen molar-refractivity contribution >= 4 is 17.2 Å². The SMILES string of the molecule is Cc1ncsc1CN1Cc2ccnn2[C@H](CCNC(=O)c2ccco2)C1. The summed E-state index contributed by atoms with van der Waals surface area (Å²) in [5.41, 5.74) is 4.22. The first-order valence-electron chi connectivity index (χ1n) is 8.66. The maximum absolute atomic E-state index is 12.0. The monoisotopic (exact) mass is 371 g/mol. The Morgan fingerprint density at radius 3 is 3.15 bits per heavy atom. The van der Waals surface area contributed by atoms with Crippen molar-refractivity contribution in [3.8, 4) is 0 Å². The first kappa shape index (κ1) is 17.0. The second-order valence-corrected chi connectivity index (χ2v) is 7.41. The summed E-state index contributed by atoms with van der Waals surface area (Å²) in [6.45, 7) is 5.32. The third-order valence-corrected chi connectivity index (χ3v) is 5.59. The highest BCUT2D eigenvalue weighted by Crippen LogP contribution is 2.25. The first-order chi connectivity index (χ1) is 12.7. The summed E-state index contributed by atoms with van der Waals surface area (Å²) in [6, 6.07) is 5.69. The molecule has 1 N–H and O–H groups in total. The molecule has 0 spiro atoms. The number of fused-ring (bicyclic) bond motifs is 1. The van der Waals surface area contributed by atoms with Crippen LogP contribution in [-0.2, 0) is 13.1 Å². The van der Waals surface area contributed by atoms with E-state index < -0.39 is 0 Å². The maximum atomic E-state index is 12.0. The van der Waals surface area contributed by atoms with Crippen LogP contribution in [0, 0.1) is 6.92 Å². The average Bonchev–Trinajstić information content (AvgIpc) is 3.37. The molecule has 1 atom stereocenters. The van der Waals surface area contributed by atoms with E-state index in [0.29, 0.717) is 12.3 Å². The fourth-order valence-electron chi connectivity index (χ4n) is 3.33. The quantitative estimate of drug-likeness (QED) is 0.721. The molecule has 0 saturated heterocycles. The van der Waals surface area contributed by atoms with Gasteiger partial charge in [-0.05, 0) is 31.5 Å². The van der Waals surface area contributed by atoms with Crippen molar-refractivity contribution in [2.75, 3.05) is 13.1 Å². The van der Waals surface area contributed by atoms with Crippen LogP contribution in [0.4, 0.5) is 0 Å². The Hall–Kier alpha value is -2.45. The van der Waals surface area contributed by atoms with E-state index >= 15 is 0 Å². The normalized spacial score (nSPS) is 17.2. The van der Waals surface area contributed by atoms with Crippen LogP contribution in [-0.4, -0.2) is 38.7 Å². The van der Waals surface area contributed by atoms with Gasteiger partial charge in [0.2, 0.25) is 0 Å². The number of furan rings is 1. The maximum Gasteiger partial charge on any atom is 0.286 e. The van der Waals surface area contributed by atoms with Gasteiger partial charge in [0.05, 0.1) is 29.2 Å². The molecule has 26 heavy (non-hydrogen) atoms. The lowest BCUT2D eigenvalue weighted by atomic mass is 10.1. The van der Waals surface area contributed by atoms with Crippen molar-refractivity contribution in [1.29, 1.82) is 0 Å². The minimum absolute atomic E-state index is 0.177. The van der Waals surface area contributed by atoms with Gasteiger partial charge in [-0.15, -0.1) is 11.3 Å². The zero-order valence-electron chi connectivity index (χ0n) is 14.6. The molecular weight excluding hydrogens is 350 g/mol. The van der Waals surface area contributed by atoms with E-state index in [1.165, 1.54) is 16.8 Å². The number of aryl methyl sites for hydroxylation is 1. The number of carbonyl (C=O) groups excluding carboxylic acids is 1. The largest absolute Gasteiger partial charge is 0.459 e. The van der Waals surface area contributed by atoms with E-state index in [2.05, 4.69) is 38.0 Å². The molecule has 136 valence electrons. The highest BCUT2D eigenvalue weighted by molar-refractivity contribution is 7.09. The van der Waals surface area contributed by atoms with Crippen molar-refractivity contribution < 1.29 is 9.21 Å². The smallest absolute Gasteiger partial charge is 0.286 e. The van der Waals surface area contributed by atoms with Gasteiger partial charge in [0.15, 0.2) is 5.76 Å². The number of aromatic nitrogens is 3. The third kappa shape index (κ3) is 3.56. The van der Waals surface area contributed by atoms with Crippen LogP contribution in [0.1, 0.15) is 39.3 Å². The zero-order chi connectivity index (χ0) is 17.9. The molecule has 3 aromatic heterocycles. The van der Waals surface area contributed by atoms with Gasteiger partial charge in [-0.25, -0.2) is 4.98 Å². The van der Waals surface area contributed by atoms with Gasteiger partial charge in [0, 0.05) is 37.3 Å². The van der Waals surface area contributed by atoms with Crippen molar-refractivity contribution in [3.63, 3.8) is 0 Å². The zero-order valence-corrected chi connectivity index (χ0v) is 15.4. The molecule has 1 aliphatic heterocycles. The number of hydrogen-bond acceptors (Lipinski definition) is 6. The fourth-order valence-corrected chi connectivity index (χ4v) is 4.15. The van der Waals surface area contributed by atoms with Gasteiger partial charge in [-0.1, -0.05) is 0 Å². The van der Waals surface area contributed by atoms with E-state index in [0.717, 1.165) is 31.7 Å². The lowest BCUT2D eigenvalue weighted by molar-refractivity contribution is 0.0919. The summed E-state index contributed by atoms with van der Waals surface area (Å²) >= 11 is 1.71.